The number of carbonyl (C=O) groups excluding carboxylic acids is 1. The fourth-order valence-electron chi connectivity index (χ4n) is 1.78. The number of amides is 1. The lowest BCUT2D eigenvalue weighted by molar-refractivity contribution is -0.136. The van der Waals surface area contributed by atoms with E-state index in [9.17, 15) is 9.59 Å². The highest BCUT2D eigenvalue weighted by molar-refractivity contribution is 5.84. The Morgan fingerprint density at radius 2 is 2.21 bits per heavy atom. The van der Waals surface area contributed by atoms with E-state index in [0.717, 1.165) is 0 Å². The molecule has 1 saturated heterocycles. The van der Waals surface area contributed by atoms with Crippen LogP contribution in [0.5, 0.6) is 0 Å². The summed E-state index contributed by atoms with van der Waals surface area (Å²) in [6.45, 7) is 5.37. The smallest absolute Gasteiger partial charge is 0.358 e. The van der Waals surface area contributed by atoms with Gasteiger partial charge in [0.2, 0.25) is 5.91 Å². The summed E-state index contributed by atoms with van der Waals surface area (Å²) in [7, 11) is 0. The standard InChI is InChI=1S/C11H17N5O3/c1-7(2)12-3-10(17)15-4-8(5-15)16-6-9(11(18)19)13-14-16/h6-8,12H,3-5H2,1-2H3,(H,18,19). The molecule has 104 valence electrons. The van der Waals surface area contributed by atoms with Gasteiger partial charge in [-0.15, -0.1) is 5.10 Å². The second-order valence-electron chi connectivity index (χ2n) is 4.88. The Labute approximate surface area is 110 Å². The molecule has 0 spiro atoms. The van der Waals surface area contributed by atoms with Gasteiger partial charge in [-0.3, -0.25) is 4.79 Å². The van der Waals surface area contributed by atoms with Crippen molar-refractivity contribution in [2.24, 2.45) is 0 Å². The first-order valence-electron chi connectivity index (χ1n) is 6.13. The summed E-state index contributed by atoms with van der Waals surface area (Å²) in [5.41, 5.74) is -0.0775. The minimum absolute atomic E-state index is 0.0172. The summed E-state index contributed by atoms with van der Waals surface area (Å²) in [6.07, 6.45) is 1.39. The maximum atomic E-state index is 11.7. The van der Waals surface area contributed by atoms with Crippen LogP contribution in [0.1, 0.15) is 30.4 Å². The molecule has 0 bridgehead atoms. The monoisotopic (exact) mass is 267 g/mol. The Hall–Kier alpha value is -1.96. The fraction of sp³-hybridized carbons (Fsp3) is 0.636. The molecular formula is C11H17N5O3. The van der Waals surface area contributed by atoms with E-state index in [4.69, 9.17) is 5.11 Å². The van der Waals surface area contributed by atoms with Gasteiger partial charge in [-0.05, 0) is 0 Å². The summed E-state index contributed by atoms with van der Waals surface area (Å²) < 4.78 is 1.50. The predicted molar refractivity (Wildman–Crippen MR) is 65.7 cm³/mol. The Kier molecular flexibility index (Phi) is 3.79. The number of hydrogen-bond donors (Lipinski definition) is 2. The van der Waals surface area contributed by atoms with E-state index >= 15 is 0 Å². The topological polar surface area (TPSA) is 100 Å². The van der Waals surface area contributed by atoms with Crippen molar-refractivity contribution in [3.63, 3.8) is 0 Å². The van der Waals surface area contributed by atoms with Gasteiger partial charge in [-0.25, -0.2) is 9.48 Å². The van der Waals surface area contributed by atoms with Crippen molar-refractivity contribution in [2.45, 2.75) is 25.9 Å². The molecule has 0 unspecified atom stereocenters. The summed E-state index contributed by atoms with van der Waals surface area (Å²) in [5.74, 6) is -1.05. The Balaban J connectivity index is 1.82. The molecule has 2 heterocycles. The van der Waals surface area contributed by atoms with E-state index in [1.807, 2.05) is 13.8 Å². The van der Waals surface area contributed by atoms with Gasteiger partial charge < -0.3 is 15.3 Å². The molecule has 0 aliphatic carbocycles. The molecule has 1 aliphatic rings. The minimum Gasteiger partial charge on any atom is -0.476 e. The van der Waals surface area contributed by atoms with E-state index in [1.54, 1.807) is 4.90 Å². The average Bonchev–Trinajstić information content (AvgIpc) is 2.73. The quantitative estimate of drug-likeness (QED) is 0.736. The van der Waals surface area contributed by atoms with Crippen molar-refractivity contribution in [1.29, 1.82) is 0 Å². The highest BCUT2D eigenvalue weighted by Gasteiger charge is 2.32. The van der Waals surface area contributed by atoms with Crippen LogP contribution in [0.4, 0.5) is 0 Å². The summed E-state index contributed by atoms with van der Waals surface area (Å²) >= 11 is 0. The average molecular weight is 267 g/mol. The third kappa shape index (κ3) is 3.08. The second kappa shape index (κ2) is 5.35. The molecule has 1 fully saturated rings. The van der Waals surface area contributed by atoms with Crippen LogP contribution in [0.15, 0.2) is 6.20 Å². The van der Waals surface area contributed by atoms with Crippen molar-refractivity contribution in [3.05, 3.63) is 11.9 Å². The molecule has 1 amide bonds. The molecule has 0 atom stereocenters. The predicted octanol–water partition coefficient (Wildman–Crippen LogP) is -0.642. The Morgan fingerprint density at radius 3 is 2.74 bits per heavy atom. The van der Waals surface area contributed by atoms with Crippen molar-refractivity contribution >= 4 is 11.9 Å². The highest BCUT2D eigenvalue weighted by atomic mass is 16.4. The Morgan fingerprint density at radius 1 is 1.53 bits per heavy atom. The molecule has 1 aliphatic heterocycles. The molecule has 8 nitrogen and oxygen atoms in total. The number of likely N-dealkylation sites (tertiary alicyclic amines) is 1. The van der Waals surface area contributed by atoms with Crippen LogP contribution in [-0.2, 0) is 4.79 Å². The lowest BCUT2D eigenvalue weighted by Gasteiger charge is -2.39. The van der Waals surface area contributed by atoms with Crippen LogP contribution in [0.3, 0.4) is 0 Å². The molecule has 1 aromatic rings. The van der Waals surface area contributed by atoms with Crippen molar-refractivity contribution < 1.29 is 14.7 Å². The van der Waals surface area contributed by atoms with Gasteiger partial charge in [0.15, 0.2) is 5.69 Å². The molecule has 0 saturated carbocycles. The zero-order chi connectivity index (χ0) is 14.0. The van der Waals surface area contributed by atoms with Crippen molar-refractivity contribution in [2.75, 3.05) is 19.6 Å². The number of aromatic nitrogens is 3. The maximum absolute atomic E-state index is 11.7. The van der Waals surface area contributed by atoms with E-state index in [-0.39, 0.29) is 23.7 Å². The van der Waals surface area contributed by atoms with Crippen LogP contribution >= 0.6 is 0 Å². The first-order chi connectivity index (χ1) is 8.97. The number of nitrogens with zero attached hydrogens (tertiary/aromatic N) is 4. The zero-order valence-corrected chi connectivity index (χ0v) is 10.9. The number of carboxylic acid groups (broad SMARTS) is 1. The molecule has 2 rings (SSSR count). The molecule has 19 heavy (non-hydrogen) atoms. The number of hydrogen-bond acceptors (Lipinski definition) is 5. The van der Waals surface area contributed by atoms with Gasteiger partial charge in [0.1, 0.15) is 0 Å². The van der Waals surface area contributed by atoms with Gasteiger partial charge in [0, 0.05) is 19.1 Å². The van der Waals surface area contributed by atoms with Gasteiger partial charge in [-0.1, -0.05) is 19.1 Å². The number of carboxylic acids is 1. The highest BCUT2D eigenvalue weighted by Crippen LogP contribution is 2.20. The molecule has 0 aromatic carbocycles. The van der Waals surface area contributed by atoms with E-state index in [2.05, 4.69) is 15.6 Å². The normalized spacial score (nSPS) is 15.6. The third-order valence-electron chi connectivity index (χ3n) is 2.98. The largest absolute Gasteiger partial charge is 0.476 e. The third-order valence-corrected chi connectivity index (χ3v) is 2.98. The summed E-state index contributed by atoms with van der Waals surface area (Å²) in [6, 6.07) is 0.290. The number of carbonyl (C=O) groups is 2. The molecule has 8 heteroatoms. The molecular weight excluding hydrogens is 250 g/mol. The minimum atomic E-state index is -1.10. The number of nitrogens with one attached hydrogen (secondary N) is 1. The van der Waals surface area contributed by atoms with Crippen molar-refractivity contribution in [3.8, 4) is 0 Å². The molecule has 1 aromatic heterocycles. The van der Waals surface area contributed by atoms with Gasteiger partial charge in [0.25, 0.3) is 0 Å². The van der Waals surface area contributed by atoms with E-state index < -0.39 is 5.97 Å². The molecule has 0 radical (unpaired) electrons. The van der Waals surface area contributed by atoms with E-state index in [0.29, 0.717) is 19.6 Å². The van der Waals surface area contributed by atoms with Crippen molar-refractivity contribution in [1.82, 2.24) is 25.2 Å². The summed E-state index contributed by atoms with van der Waals surface area (Å²) in [5, 5.41) is 19.1. The number of rotatable bonds is 5. The zero-order valence-electron chi connectivity index (χ0n) is 10.9. The lowest BCUT2D eigenvalue weighted by atomic mass is 10.1. The van der Waals surface area contributed by atoms with Gasteiger partial charge in [0.05, 0.1) is 18.8 Å². The fourth-order valence-corrected chi connectivity index (χ4v) is 1.78. The van der Waals surface area contributed by atoms with Crippen LogP contribution in [-0.4, -0.2) is 62.6 Å². The van der Waals surface area contributed by atoms with Gasteiger partial charge >= 0.3 is 5.97 Å². The maximum Gasteiger partial charge on any atom is 0.358 e. The summed E-state index contributed by atoms with van der Waals surface area (Å²) in [4.78, 5) is 24.1. The van der Waals surface area contributed by atoms with Crippen LogP contribution in [0.2, 0.25) is 0 Å². The van der Waals surface area contributed by atoms with Gasteiger partial charge in [-0.2, -0.15) is 0 Å². The first kappa shape index (κ1) is 13.5. The SMILES string of the molecule is CC(C)NCC(=O)N1CC(n2cc(C(=O)O)nn2)C1. The lowest BCUT2D eigenvalue weighted by Crippen LogP contribution is -2.53. The van der Waals surface area contributed by atoms with Crippen LogP contribution in [0.25, 0.3) is 0 Å². The van der Waals surface area contributed by atoms with Crippen LogP contribution in [0, 0.1) is 0 Å². The Bertz CT molecular complexity index is 478. The second-order valence-corrected chi connectivity index (χ2v) is 4.88. The first-order valence-corrected chi connectivity index (χ1v) is 6.13. The molecule has 2 N–H and O–H groups in total. The van der Waals surface area contributed by atoms with Crippen LogP contribution < -0.4 is 5.32 Å². The van der Waals surface area contributed by atoms with E-state index in [1.165, 1.54) is 10.9 Å². The number of aromatic carboxylic acids is 1.